The molecule has 0 aromatic carbocycles. The molecule has 0 aliphatic heterocycles. The van der Waals surface area contributed by atoms with Crippen molar-refractivity contribution in [2.75, 3.05) is 19.5 Å². The first kappa shape index (κ1) is 14.8. The lowest BCUT2D eigenvalue weighted by Crippen LogP contribution is -2.19. The Kier molecular flexibility index (Phi) is 6.31. The van der Waals surface area contributed by atoms with E-state index in [1.807, 2.05) is 14.0 Å². The molecule has 0 bridgehead atoms. The number of rotatable bonds is 7. The van der Waals surface area contributed by atoms with Crippen molar-refractivity contribution in [3.63, 3.8) is 0 Å². The molecule has 0 aliphatic rings. The zero-order valence-electron chi connectivity index (χ0n) is 10.8. The van der Waals surface area contributed by atoms with E-state index >= 15 is 0 Å². The van der Waals surface area contributed by atoms with Crippen LogP contribution in [0.3, 0.4) is 0 Å². The molecule has 0 spiro atoms. The number of hydrogen-bond donors (Lipinski definition) is 0. The fourth-order valence-corrected chi connectivity index (χ4v) is 2.28. The van der Waals surface area contributed by atoms with Gasteiger partial charge in [0.15, 0.2) is 0 Å². The number of nitrogens with zero attached hydrogens (tertiary/aromatic N) is 3. The third kappa shape index (κ3) is 4.49. The van der Waals surface area contributed by atoms with Crippen molar-refractivity contribution in [1.82, 2.24) is 14.7 Å². The second kappa shape index (κ2) is 7.24. The van der Waals surface area contributed by atoms with Crippen LogP contribution in [0.1, 0.15) is 30.5 Å². The minimum absolute atomic E-state index is 0.745. The van der Waals surface area contributed by atoms with Crippen LogP contribution in [0.4, 0.5) is 0 Å². The zero-order chi connectivity index (χ0) is 12.8. The molecule has 0 unspecified atom stereocenters. The molecule has 0 N–H and O–H groups in total. The van der Waals surface area contributed by atoms with Gasteiger partial charge in [0.2, 0.25) is 0 Å². The Morgan fingerprint density at radius 1 is 1.29 bits per heavy atom. The number of halogens is 2. The molecule has 3 nitrogen and oxygen atoms in total. The lowest BCUT2D eigenvalue weighted by molar-refractivity contribution is 0.317. The summed E-state index contributed by atoms with van der Waals surface area (Å²) >= 11 is 11.8. The van der Waals surface area contributed by atoms with Crippen LogP contribution in [0, 0.1) is 6.92 Å². The van der Waals surface area contributed by atoms with Crippen molar-refractivity contribution < 1.29 is 0 Å². The number of aryl methyl sites for hydroxylation is 2. The van der Waals surface area contributed by atoms with Crippen molar-refractivity contribution in [2.45, 2.75) is 32.7 Å². The molecule has 1 heterocycles. The highest BCUT2D eigenvalue weighted by molar-refractivity contribution is 6.30. The van der Waals surface area contributed by atoms with Crippen LogP contribution in [-0.4, -0.2) is 34.2 Å². The van der Waals surface area contributed by atoms with Crippen molar-refractivity contribution in [1.29, 1.82) is 0 Å². The van der Waals surface area contributed by atoms with Gasteiger partial charge in [-0.25, -0.2) is 0 Å². The van der Waals surface area contributed by atoms with E-state index in [2.05, 4.69) is 17.0 Å². The SMILES string of the molecule is Cc1nn(C)c(Cl)c1CN(C)CCCCCCl. The van der Waals surface area contributed by atoms with Gasteiger partial charge >= 0.3 is 0 Å². The summed E-state index contributed by atoms with van der Waals surface area (Å²) in [7, 11) is 3.99. The van der Waals surface area contributed by atoms with Gasteiger partial charge in [-0.05, 0) is 33.4 Å². The summed E-state index contributed by atoms with van der Waals surface area (Å²) in [5.74, 6) is 0.761. The minimum atomic E-state index is 0.745. The summed E-state index contributed by atoms with van der Waals surface area (Å²) in [6.07, 6.45) is 3.47. The van der Waals surface area contributed by atoms with E-state index in [0.29, 0.717) is 0 Å². The maximum Gasteiger partial charge on any atom is 0.131 e. The molecule has 17 heavy (non-hydrogen) atoms. The van der Waals surface area contributed by atoms with Gasteiger partial charge in [0, 0.05) is 25.0 Å². The highest BCUT2D eigenvalue weighted by Crippen LogP contribution is 2.20. The predicted octanol–water partition coefficient (Wildman–Crippen LogP) is 3.22. The van der Waals surface area contributed by atoms with Crippen LogP contribution in [0.2, 0.25) is 5.15 Å². The minimum Gasteiger partial charge on any atom is -0.302 e. The van der Waals surface area contributed by atoms with Crippen LogP contribution in [0.25, 0.3) is 0 Å². The van der Waals surface area contributed by atoms with E-state index in [1.54, 1.807) is 4.68 Å². The molecule has 1 rings (SSSR count). The third-order valence-corrected chi connectivity index (χ3v) is 3.61. The fourth-order valence-electron chi connectivity index (χ4n) is 1.86. The molecule has 0 saturated carbocycles. The summed E-state index contributed by atoms with van der Waals surface area (Å²) in [5.41, 5.74) is 2.15. The van der Waals surface area contributed by atoms with Gasteiger partial charge in [0.05, 0.1) is 5.69 Å². The van der Waals surface area contributed by atoms with Crippen LogP contribution >= 0.6 is 23.2 Å². The van der Waals surface area contributed by atoms with Gasteiger partial charge in [-0.3, -0.25) is 4.68 Å². The van der Waals surface area contributed by atoms with Crippen molar-refractivity contribution in [2.24, 2.45) is 7.05 Å². The maximum atomic E-state index is 6.20. The first-order valence-corrected chi connectivity index (χ1v) is 6.90. The summed E-state index contributed by atoms with van der Waals surface area (Å²) in [6.45, 7) is 3.93. The molecule has 0 fully saturated rings. The van der Waals surface area contributed by atoms with Gasteiger partial charge in [0.25, 0.3) is 0 Å². The summed E-state index contributed by atoms with van der Waals surface area (Å²) in [4.78, 5) is 2.28. The highest BCUT2D eigenvalue weighted by atomic mass is 35.5. The van der Waals surface area contributed by atoms with Crippen molar-refractivity contribution in [3.05, 3.63) is 16.4 Å². The first-order valence-electron chi connectivity index (χ1n) is 5.98. The quantitative estimate of drug-likeness (QED) is 0.564. The Hall–Kier alpha value is -0.250. The van der Waals surface area contributed by atoms with Gasteiger partial charge in [-0.15, -0.1) is 11.6 Å². The molecule has 0 aliphatic carbocycles. The van der Waals surface area contributed by atoms with Gasteiger partial charge in [-0.2, -0.15) is 5.10 Å². The lowest BCUT2D eigenvalue weighted by atomic mass is 10.2. The summed E-state index contributed by atoms with van der Waals surface area (Å²) in [5, 5.41) is 5.06. The Labute approximate surface area is 114 Å². The first-order chi connectivity index (χ1) is 8.06. The lowest BCUT2D eigenvalue weighted by Gasteiger charge is -2.16. The van der Waals surface area contributed by atoms with E-state index < -0.39 is 0 Å². The Bertz CT molecular complexity index is 350. The second-order valence-electron chi connectivity index (χ2n) is 4.47. The molecular weight excluding hydrogens is 257 g/mol. The van der Waals surface area contributed by atoms with Crippen LogP contribution in [-0.2, 0) is 13.6 Å². The van der Waals surface area contributed by atoms with Gasteiger partial charge < -0.3 is 4.90 Å². The van der Waals surface area contributed by atoms with Crippen LogP contribution in [0.5, 0.6) is 0 Å². The molecule has 0 atom stereocenters. The number of alkyl halides is 1. The van der Waals surface area contributed by atoms with Gasteiger partial charge in [-0.1, -0.05) is 18.0 Å². The largest absolute Gasteiger partial charge is 0.302 e. The molecule has 1 aromatic heterocycles. The Balaban J connectivity index is 2.42. The zero-order valence-corrected chi connectivity index (χ0v) is 12.4. The molecule has 0 saturated heterocycles. The Morgan fingerprint density at radius 3 is 2.53 bits per heavy atom. The average Bonchev–Trinajstić information content (AvgIpc) is 2.52. The third-order valence-electron chi connectivity index (χ3n) is 2.87. The van der Waals surface area contributed by atoms with Gasteiger partial charge in [0.1, 0.15) is 5.15 Å². The summed E-state index contributed by atoms with van der Waals surface area (Å²) < 4.78 is 1.73. The molecule has 98 valence electrons. The fraction of sp³-hybridized carbons (Fsp3) is 0.750. The maximum absolute atomic E-state index is 6.20. The van der Waals surface area contributed by atoms with E-state index in [4.69, 9.17) is 23.2 Å². The topological polar surface area (TPSA) is 21.1 Å². The molecule has 0 radical (unpaired) electrons. The average molecular weight is 278 g/mol. The second-order valence-corrected chi connectivity index (χ2v) is 5.20. The summed E-state index contributed by atoms with van der Waals surface area (Å²) in [6, 6.07) is 0. The Morgan fingerprint density at radius 2 is 2.00 bits per heavy atom. The highest BCUT2D eigenvalue weighted by Gasteiger charge is 2.12. The molecular formula is C12H21Cl2N3. The monoisotopic (exact) mass is 277 g/mol. The smallest absolute Gasteiger partial charge is 0.131 e. The molecule has 0 amide bonds. The molecule has 1 aromatic rings. The van der Waals surface area contributed by atoms with Crippen LogP contribution < -0.4 is 0 Å². The standard InChI is InChI=1S/C12H21Cl2N3/c1-10-11(12(14)17(3)15-10)9-16(2)8-6-4-5-7-13/h4-9H2,1-3H3. The number of unbranched alkanes of at least 4 members (excludes halogenated alkanes) is 2. The van der Waals surface area contributed by atoms with Crippen molar-refractivity contribution in [3.8, 4) is 0 Å². The predicted molar refractivity (Wildman–Crippen MR) is 73.9 cm³/mol. The number of aromatic nitrogens is 2. The van der Waals surface area contributed by atoms with E-state index in [-0.39, 0.29) is 0 Å². The normalized spacial score (nSPS) is 11.4. The molecule has 5 heteroatoms. The van der Waals surface area contributed by atoms with E-state index in [0.717, 1.165) is 41.8 Å². The van der Waals surface area contributed by atoms with E-state index in [1.165, 1.54) is 12.8 Å². The van der Waals surface area contributed by atoms with Crippen LogP contribution in [0.15, 0.2) is 0 Å². The number of hydrogen-bond acceptors (Lipinski definition) is 2. The van der Waals surface area contributed by atoms with E-state index in [9.17, 15) is 0 Å². The van der Waals surface area contributed by atoms with Crippen molar-refractivity contribution >= 4 is 23.2 Å².